The molecule has 1 atom stereocenters. The van der Waals surface area contributed by atoms with Gasteiger partial charge in [0.1, 0.15) is 0 Å². The molecule has 0 bridgehead atoms. The Morgan fingerprint density at radius 2 is 1.50 bits per heavy atom. The van der Waals surface area contributed by atoms with Crippen molar-refractivity contribution in [3.63, 3.8) is 0 Å². The molecule has 86 valence electrons. The van der Waals surface area contributed by atoms with Gasteiger partial charge in [-0.3, -0.25) is 0 Å². The zero-order chi connectivity index (χ0) is 11.4. The molecule has 0 saturated carbocycles. The molecule has 0 aromatic carbocycles. The minimum Gasteiger partial charge on any atom is -0.373 e. The van der Waals surface area contributed by atoms with Gasteiger partial charge in [-0.05, 0) is 39.0 Å². The Kier molecular flexibility index (Phi) is 5.14. The molecule has 1 nitrogen and oxygen atoms in total. The van der Waals surface area contributed by atoms with Crippen molar-refractivity contribution in [1.82, 2.24) is 0 Å². The van der Waals surface area contributed by atoms with Crippen LogP contribution in [0.4, 0.5) is 0 Å². The van der Waals surface area contributed by atoms with E-state index in [1.54, 1.807) is 0 Å². The van der Waals surface area contributed by atoms with Gasteiger partial charge in [0.25, 0.3) is 0 Å². The van der Waals surface area contributed by atoms with E-state index in [-0.39, 0.29) is 5.60 Å². The van der Waals surface area contributed by atoms with Gasteiger partial charge in [0.15, 0.2) is 0 Å². The SMILES string of the molecule is CCC(C)(C)CC(C)OC(C)(C)CC. The molecule has 0 N–H and O–H groups in total. The van der Waals surface area contributed by atoms with E-state index in [0.29, 0.717) is 11.5 Å². The average molecular weight is 200 g/mol. The van der Waals surface area contributed by atoms with Crippen LogP contribution in [0.5, 0.6) is 0 Å². The molecule has 1 unspecified atom stereocenters. The van der Waals surface area contributed by atoms with Gasteiger partial charge in [-0.2, -0.15) is 0 Å². The second-order valence-corrected chi connectivity index (χ2v) is 5.76. The molecule has 0 aliphatic rings. The largest absolute Gasteiger partial charge is 0.373 e. The highest BCUT2D eigenvalue weighted by Crippen LogP contribution is 2.29. The van der Waals surface area contributed by atoms with E-state index < -0.39 is 0 Å². The van der Waals surface area contributed by atoms with Crippen LogP contribution in [0.2, 0.25) is 0 Å². The van der Waals surface area contributed by atoms with Crippen LogP contribution in [0.1, 0.15) is 67.7 Å². The Hall–Kier alpha value is -0.0400. The fraction of sp³-hybridized carbons (Fsp3) is 1.00. The van der Waals surface area contributed by atoms with Gasteiger partial charge in [-0.1, -0.05) is 34.1 Å². The average Bonchev–Trinajstić information content (AvgIpc) is 2.02. The van der Waals surface area contributed by atoms with E-state index >= 15 is 0 Å². The third-order valence-corrected chi connectivity index (χ3v) is 3.17. The molecular formula is C13H28O. The Morgan fingerprint density at radius 1 is 1.00 bits per heavy atom. The number of rotatable bonds is 6. The molecule has 0 heterocycles. The highest BCUT2D eigenvalue weighted by Gasteiger charge is 2.24. The molecule has 0 aromatic rings. The quantitative estimate of drug-likeness (QED) is 0.617. The van der Waals surface area contributed by atoms with Gasteiger partial charge in [-0.15, -0.1) is 0 Å². The Labute approximate surface area is 90.2 Å². The minimum atomic E-state index is 0.0310. The topological polar surface area (TPSA) is 9.23 Å². The van der Waals surface area contributed by atoms with Gasteiger partial charge < -0.3 is 4.74 Å². The molecule has 0 aliphatic heterocycles. The highest BCUT2D eigenvalue weighted by molar-refractivity contribution is 4.74. The Morgan fingerprint density at radius 3 is 1.86 bits per heavy atom. The smallest absolute Gasteiger partial charge is 0.0627 e. The first-order chi connectivity index (χ1) is 6.22. The number of hydrogen-bond acceptors (Lipinski definition) is 1. The summed E-state index contributed by atoms with van der Waals surface area (Å²) in [5.41, 5.74) is 0.437. The lowest BCUT2D eigenvalue weighted by Crippen LogP contribution is -2.31. The van der Waals surface area contributed by atoms with Gasteiger partial charge in [0, 0.05) is 0 Å². The van der Waals surface area contributed by atoms with Crippen molar-refractivity contribution in [3.05, 3.63) is 0 Å². The third kappa shape index (κ3) is 5.64. The van der Waals surface area contributed by atoms with Crippen molar-refractivity contribution in [3.8, 4) is 0 Å². The van der Waals surface area contributed by atoms with Crippen molar-refractivity contribution in [2.75, 3.05) is 0 Å². The van der Waals surface area contributed by atoms with Crippen molar-refractivity contribution >= 4 is 0 Å². The summed E-state index contributed by atoms with van der Waals surface area (Å²) in [6.07, 6.45) is 3.80. The lowest BCUT2D eigenvalue weighted by molar-refractivity contribution is -0.0796. The van der Waals surface area contributed by atoms with Crippen molar-refractivity contribution in [2.24, 2.45) is 5.41 Å². The maximum atomic E-state index is 6.02. The van der Waals surface area contributed by atoms with Crippen LogP contribution in [0.15, 0.2) is 0 Å². The fourth-order valence-electron chi connectivity index (χ4n) is 1.59. The standard InChI is InChI=1S/C13H28O/c1-8-12(4,5)10-11(3)14-13(6,7)9-2/h11H,8-10H2,1-7H3. The first kappa shape index (κ1) is 14.0. The predicted molar refractivity (Wildman–Crippen MR) is 63.6 cm³/mol. The maximum absolute atomic E-state index is 6.02. The van der Waals surface area contributed by atoms with Crippen LogP contribution in [-0.2, 0) is 4.74 Å². The first-order valence-electron chi connectivity index (χ1n) is 5.90. The monoisotopic (exact) mass is 200 g/mol. The molecule has 0 rings (SSSR count). The zero-order valence-corrected chi connectivity index (χ0v) is 11.1. The van der Waals surface area contributed by atoms with Crippen LogP contribution in [0.25, 0.3) is 0 Å². The second kappa shape index (κ2) is 5.16. The van der Waals surface area contributed by atoms with Crippen LogP contribution in [0, 0.1) is 5.41 Å². The van der Waals surface area contributed by atoms with Crippen molar-refractivity contribution in [2.45, 2.75) is 79.4 Å². The van der Waals surface area contributed by atoms with Gasteiger partial charge >= 0.3 is 0 Å². The summed E-state index contributed by atoms with van der Waals surface area (Å²) in [6, 6.07) is 0. The van der Waals surface area contributed by atoms with Gasteiger partial charge in [-0.25, -0.2) is 0 Å². The molecule has 1 heteroatoms. The van der Waals surface area contributed by atoms with Crippen LogP contribution in [0.3, 0.4) is 0 Å². The molecule has 0 fully saturated rings. The van der Waals surface area contributed by atoms with E-state index in [1.165, 1.54) is 6.42 Å². The summed E-state index contributed by atoms with van der Waals surface area (Å²) in [4.78, 5) is 0. The van der Waals surface area contributed by atoms with Crippen LogP contribution < -0.4 is 0 Å². The predicted octanol–water partition coefficient (Wildman–Crippen LogP) is 4.41. The maximum Gasteiger partial charge on any atom is 0.0627 e. The number of hydrogen-bond donors (Lipinski definition) is 0. The molecule has 0 aliphatic carbocycles. The Bertz CT molecular complexity index is 141. The molecule has 0 aromatic heterocycles. The van der Waals surface area contributed by atoms with E-state index in [0.717, 1.165) is 12.8 Å². The normalized spacial score (nSPS) is 15.6. The second-order valence-electron chi connectivity index (χ2n) is 5.76. The van der Waals surface area contributed by atoms with Gasteiger partial charge in [0.05, 0.1) is 11.7 Å². The lowest BCUT2D eigenvalue weighted by atomic mass is 9.84. The summed E-state index contributed by atoms with van der Waals surface area (Å²) in [7, 11) is 0. The molecule has 14 heavy (non-hydrogen) atoms. The zero-order valence-electron chi connectivity index (χ0n) is 11.1. The van der Waals surface area contributed by atoms with E-state index in [2.05, 4.69) is 48.5 Å². The van der Waals surface area contributed by atoms with Crippen molar-refractivity contribution in [1.29, 1.82) is 0 Å². The van der Waals surface area contributed by atoms with Crippen LogP contribution >= 0.6 is 0 Å². The molecular weight excluding hydrogens is 172 g/mol. The summed E-state index contributed by atoms with van der Waals surface area (Å²) >= 11 is 0. The van der Waals surface area contributed by atoms with Crippen molar-refractivity contribution < 1.29 is 4.74 Å². The van der Waals surface area contributed by atoms with E-state index in [1.807, 2.05) is 0 Å². The summed E-state index contributed by atoms with van der Waals surface area (Å²) in [5.74, 6) is 0. The first-order valence-corrected chi connectivity index (χ1v) is 5.90. The fourth-order valence-corrected chi connectivity index (χ4v) is 1.59. The van der Waals surface area contributed by atoms with E-state index in [9.17, 15) is 0 Å². The summed E-state index contributed by atoms with van der Waals surface area (Å²) in [5, 5.41) is 0. The molecule has 0 amide bonds. The lowest BCUT2D eigenvalue weighted by Gasteiger charge is -2.32. The van der Waals surface area contributed by atoms with E-state index in [4.69, 9.17) is 4.74 Å². The minimum absolute atomic E-state index is 0.0310. The van der Waals surface area contributed by atoms with Crippen LogP contribution in [-0.4, -0.2) is 11.7 Å². The Balaban J connectivity index is 4.04. The number of ether oxygens (including phenoxy) is 1. The van der Waals surface area contributed by atoms with Gasteiger partial charge in [0.2, 0.25) is 0 Å². The third-order valence-electron chi connectivity index (χ3n) is 3.17. The molecule has 0 saturated heterocycles. The summed E-state index contributed by atoms with van der Waals surface area (Å²) in [6.45, 7) is 15.6. The summed E-state index contributed by atoms with van der Waals surface area (Å²) < 4.78 is 6.02. The highest BCUT2D eigenvalue weighted by atomic mass is 16.5. The molecule has 0 radical (unpaired) electrons. The molecule has 0 spiro atoms.